The van der Waals surface area contributed by atoms with E-state index in [1.165, 1.54) is 51.4 Å². The first kappa shape index (κ1) is 22.6. The van der Waals surface area contributed by atoms with Gasteiger partial charge in [-0.3, -0.25) is 4.79 Å². The molecule has 34 heavy (non-hydrogen) atoms. The summed E-state index contributed by atoms with van der Waals surface area (Å²) in [6.45, 7) is 11.8. The molecule has 2 N–H and O–H groups in total. The van der Waals surface area contributed by atoms with Crippen molar-refractivity contribution in [2.45, 2.75) is 129 Å². The second kappa shape index (κ2) is 6.63. The minimum atomic E-state index is -0.733. The van der Waals surface area contributed by atoms with Crippen molar-refractivity contribution in [3.8, 4) is 0 Å². The standard InChI is InChI=1S/C30H47NO3/c1-17(2)18-8-13-26(3)19-9-15-29-12-6-7-21(29)30(26,23(18)31-24(19)29)16-10-20-27(4)14-11-22(32)28(20,5)25(33)34-27/h17-24,31-32H,6-16H2,1-5H3/t18-,19-,20-,21-,22+,23+,24-,26+,27?,28?,29-,30+/m1/s1. The molecule has 190 valence electrons. The molecule has 4 heteroatoms. The van der Waals surface area contributed by atoms with Gasteiger partial charge >= 0.3 is 5.97 Å². The summed E-state index contributed by atoms with van der Waals surface area (Å²) in [5, 5.41) is 15.5. The van der Waals surface area contributed by atoms with E-state index in [2.05, 4.69) is 33.0 Å². The molecule has 0 amide bonds. The molecule has 5 aliphatic carbocycles. The number of aliphatic hydroxyl groups is 1. The predicted molar refractivity (Wildman–Crippen MR) is 132 cm³/mol. The number of fused-ring (bicyclic) bond motifs is 2. The van der Waals surface area contributed by atoms with Gasteiger partial charge < -0.3 is 15.2 Å². The van der Waals surface area contributed by atoms with Crippen LogP contribution in [-0.4, -0.2) is 34.9 Å². The summed E-state index contributed by atoms with van der Waals surface area (Å²) in [4.78, 5) is 13.1. The fourth-order valence-electron chi connectivity index (χ4n) is 12.7. The van der Waals surface area contributed by atoms with Crippen molar-refractivity contribution >= 4 is 5.97 Å². The van der Waals surface area contributed by atoms with E-state index in [-0.39, 0.29) is 11.9 Å². The molecule has 0 aromatic rings. The lowest BCUT2D eigenvalue weighted by Crippen LogP contribution is -2.80. The Kier molecular flexibility index (Phi) is 4.40. The predicted octanol–water partition coefficient (Wildman–Crippen LogP) is 5.47. The summed E-state index contributed by atoms with van der Waals surface area (Å²) in [6, 6.07) is 1.36. The van der Waals surface area contributed by atoms with Crippen molar-refractivity contribution in [1.82, 2.24) is 5.32 Å². The van der Waals surface area contributed by atoms with Crippen LogP contribution in [0, 0.1) is 51.2 Å². The Hall–Kier alpha value is -0.610. The van der Waals surface area contributed by atoms with Crippen molar-refractivity contribution in [2.75, 3.05) is 0 Å². The Morgan fingerprint density at radius 3 is 2.59 bits per heavy atom. The van der Waals surface area contributed by atoms with Gasteiger partial charge in [0.1, 0.15) is 5.60 Å². The number of aliphatic hydroxyl groups excluding tert-OH is 1. The number of esters is 1. The van der Waals surface area contributed by atoms with Gasteiger partial charge in [-0.1, -0.05) is 27.2 Å². The van der Waals surface area contributed by atoms with E-state index >= 15 is 0 Å². The molecule has 8 fully saturated rings. The molecule has 0 radical (unpaired) electrons. The molecular weight excluding hydrogens is 422 g/mol. The molecule has 1 spiro atoms. The number of carbonyl (C=O) groups is 1. The SMILES string of the molecule is CC(C)[C@H]1CC[C@@]2(C)[C@@H]3CC[C@]45CCC[C@H]4[C@@]2(CC[C@@H]2C4(C)CC[C@H](O)C2(C)C(=O)O4)[C@H]1N[C@H]35. The first-order valence-corrected chi connectivity index (χ1v) is 14.7. The number of carbonyl (C=O) groups excluding carboxylic acids is 1. The quantitative estimate of drug-likeness (QED) is 0.536. The van der Waals surface area contributed by atoms with Gasteiger partial charge in [-0.25, -0.2) is 0 Å². The normalized spacial score (nSPS) is 61.1. The maximum Gasteiger partial charge on any atom is 0.315 e. The third kappa shape index (κ3) is 2.22. The van der Waals surface area contributed by atoms with Gasteiger partial charge in [0.05, 0.1) is 11.5 Å². The molecular formula is C30H47NO3. The number of hydrogen-bond donors (Lipinski definition) is 2. The van der Waals surface area contributed by atoms with Gasteiger partial charge in [0, 0.05) is 18.0 Å². The maximum absolute atomic E-state index is 13.1. The highest BCUT2D eigenvalue weighted by molar-refractivity contribution is 5.81. The van der Waals surface area contributed by atoms with Crippen LogP contribution in [0.5, 0.6) is 0 Å². The molecule has 8 aliphatic rings. The first-order chi connectivity index (χ1) is 16.0. The summed E-state index contributed by atoms with van der Waals surface area (Å²) < 4.78 is 6.08. The van der Waals surface area contributed by atoms with Crippen LogP contribution in [0.2, 0.25) is 0 Å². The maximum atomic E-state index is 13.1. The van der Waals surface area contributed by atoms with Crippen LogP contribution in [0.25, 0.3) is 0 Å². The van der Waals surface area contributed by atoms with Gasteiger partial charge in [-0.15, -0.1) is 0 Å². The fraction of sp³-hybridized carbons (Fsp3) is 0.967. The van der Waals surface area contributed by atoms with Crippen LogP contribution in [0.4, 0.5) is 0 Å². The summed E-state index contributed by atoms with van der Waals surface area (Å²) in [5.74, 6) is 3.11. The summed E-state index contributed by atoms with van der Waals surface area (Å²) >= 11 is 0. The summed E-state index contributed by atoms with van der Waals surface area (Å²) in [5.41, 5.74) is 0.130. The molecule has 0 aromatic carbocycles. The molecule has 5 saturated carbocycles. The van der Waals surface area contributed by atoms with E-state index in [4.69, 9.17) is 4.74 Å². The largest absolute Gasteiger partial charge is 0.459 e. The summed E-state index contributed by atoms with van der Waals surface area (Å²) in [6.07, 6.45) is 13.0. The van der Waals surface area contributed by atoms with Gasteiger partial charge in [0.25, 0.3) is 0 Å². The molecule has 8 bridgehead atoms. The Bertz CT molecular complexity index is 919. The van der Waals surface area contributed by atoms with Crippen LogP contribution in [-0.2, 0) is 9.53 Å². The zero-order chi connectivity index (χ0) is 23.9. The van der Waals surface area contributed by atoms with Crippen LogP contribution in [0.1, 0.15) is 105 Å². The Labute approximate surface area is 206 Å². The van der Waals surface area contributed by atoms with Crippen molar-refractivity contribution in [3.05, 3.63) is 0 Å². The minimum absolute atomic E-state index is 0.127. The van der Waals surface area contributed by atoms with Crippen molar-refractivity contribution < 1.29 is 14.6 Å². The number of rotatable bonds is 4. The van der Waals surface area contributed by atoms with Crippen molar-refractivity contribution in [3.63, 3.8) is 0 Å². The molecule has 3 saturated heterocycles. The smallest absolute Gasteiger partial charge is 0.315 e. The van der Waals surface area contributed by atoms with Gasteiger partial charge in [-0.2, -0.15) is 0 Å². The Balaban J connectivity index is 1.33. The second-order valence-corrected chi connectivity index (χ2v) is 15.0. The van der Waals surface area contributed by atoms with Gasteiger partial charge in [0.15, 0.2) is 0 Å². The molecule has 12 atom stereocenters. The van der Waals surface area contributed by atoms with Gasteiger partial charge in [0.2, 0.25) is 0 Å². The van der Waals surface area contributed by atoms with Crippen LogP contribution in [0.15, 0.2) is 0 Å². The van der Waals surface area contributed by atoms with Crippen molar-refractivity contribution in [2.24, 2.45) is 51.2 Å². The minimum Gasteiger partial charge on any atom is -0.459 e. The molecule has 3 heterocycles. The van der Waals surface area contributed by atoms with E-state index in [9.17, 15) is 9.90 Å². The number of ether oxygens (including phenoxy) is 1. The van der Waals surface area contributed by atoms with E-state index < -0.39 is 17.1 Å². The van der Waals surface area contributed by atoms with E-state index in [0.717, 1.165) is 36.6 Å². The number of piperidine rings is 2. The Morgan fingerprint density at radius 2 is 1.82 bits per heavy atom. The van der Waals surface area contributed by atoms with E-state index in [0.29, 0.717) is 34.6 Å². The lowest BCUT2D eigenvalue weighted by Gasteiger charge is -2.76. The van der Waals surface area contributed by atoms with Crippen molar-refractivity contribution in [1.29, 1.82) is 0 Å². The third-order valence-corrected chi connectivity index (χ3v) is 14.2. The molecule has 8 rings (SSSR count). The topological polar surface area (TPSA) is 58.6 Å². The van der Waals surface area contributed by atoms with Gasteiger partial charge in [-0.05, 0) is 118 Å². The monoisotopic (exact) mass is 469 g/mol. The third-order valence-electron chi connectivity index (χ3n) is 14.2. The van der Waals surface area contributed by atoms with Crippen LogP contribution >= 0.6 is 0 Å². The zero-order valence-corrected chi connectivity index (χ0v) is 22.2. The fourth-order valence-corrected chi connectivity index (χ4v) is 12.7. The lowest BCUT2D eigenvalue weighted by atomic mass is 9.33. The average molecular weight is 470 g/mol. The summed E-state index contributed by atoms with van der Waals surface area (Å²) in [7, 11) is 0. The average Bonchev–Trinajstić information content (AvgIpc) is 3.40. The van der Waals surface area contributed by atoms with Crippen LogP contribution in [0.3, 0.4) is 0 Å². The molecule has 4 nitrogen and oxygen atoms in total. The van der Waals surface area contributed by atoms with Crippen LogP contribution < -0.4 is 5.32 Å². The Morgan fingerprint density at radius 1 is 1.03 bits per heavy atom. The second-order valence-electron chi connectivity index (χ2n) is 15.0. The number of nitrogens with one attached hydrogen (secondary N) is 1. The zero-order valence-electron chi connectivity index (χ0n) is 22.2. The molecule has 3 aliphatic heterocycles. The number of hydrogen-bond acceptors (Lipinski definition) is 4. The lowest BCUT2D eigenvalue weighted by molar-refractivity contribution is -0.249. The molecule has 0 aromatic heterocycles. The van der Waals surface area contributed by atoms with E-state index in [1.807, 2.05) is 6.92 Å². The van der Waals surface area contributed by atoms with E-state index in [1.54, 1.807) is 0 Å². The first-order valence-electron chi connectivity index (χ1n) is 14.7. The highest BCUT2D eigenvalue weighted by Crippen LogP contribution is 2.81. The highest BCUT2D eigenvalue weighted by Gasteiger charge is 2.80. The highest BCUT2D eigenvalue weighted by atomic mass is 16.6. The molecule has 2 unspecified atom stereocenters.